The van der Waals surface area contributed by atoms with Crippen molar-refractivity contribution in [3.05, 3.63) is 0 Å². The summed E-state index contributed by atoms with van der Waals surface area (Å²) in [5.74, 6) is 0.816. The van der Waals surface area contributed by atoms with Gasteiger partial charge in [0.05, 0.1) is 0 Å². The van der Waals surface area contributed by atoms with E-state index in [-0.39, 0.29) is 0 Å². The van der Waals surface area contributed by atoms with Crippen molar-refractivity contribution in [2.75, 3.05) is 19.1 Å². The molecule has 13 heavy (non-hydrogen) atoms. The Morgan fingerprint density at radius 2 is 1.62 bits per heavy atom. The van der Waals surface area contributed by atoms with Crippen LogP contribution in [0.25, 0.3) is 0 Å². The molecule has 0 aromatic rings. The summed E-state index contributed by atoms with van der Waals surface area (Å²) in [6.07, 6.45) is 2.37. The lowest BCUT2D eigenvalue weighted by molar-refractivity contribution is 0.243. The fraction of sp³-hybridized carbons (Fsp3) is 1.00. The topological polar surface area (TPSA) is 35.5 Å². The highest BCUT2D eigenvalue weighted by atomic mass is 35.5. The Bertz CT molecular complexity index is 102. The van der Waals surface area contributed by atoms with Gasteiger partial charge in [-0.3, -0.25) is 0 Å². The van der Waals surface area contributed by atoms with E-state index in [2.05, 4.69) is 16.0 Å². The molecular formula is C8H19ClO3P+. The van der Waals surface area contributed by atoms with Gasteiger partial charge in [0.2, 0.25) is 0 Å². The average molecular weight is 230 g/mol. The Hall–Kier alpha value is 0.310. The summed E-state index contributed by atoms with van der Waals surface area (Å²) >= 11 is 5.30. The zero-order valence-electron chi connectivity index (χ0n) is 8.59. The van der Waals surface area contributed by atoms with Gasteiger partial charge in [-0.25, -0.2) is 0 Å². The molecule has 0 radical (unpaired) electrons. The number of unbranched alkanes of at least 4 members (excludes halogenated alkanes) is 1. The Kier molecular flexibility index (Phi) is 18.0. The highest BCUT2D eigenvalue weighted by molar-refractivity contribution is 7.33. The third-order valence-corrected chi connectivity index (χ3v) is 2.16. The molecule has 0 N–H and O–H groups in total. The van der Waals surface area contributed by atoms with E-state index in [0.29, 0.717) is 13.2 Å². The zero-order valence-corrected chi connectivity index (χ0v) is 10.2. The number of halogens is 1. The van der Waals surface area contributed by atoms with Gasteiger partial charge < -0.3 is 0 Å². The molecule has 80 valence electrons. The first-order chi connectivity index (χ1) is 6.22. The molecule has 0 spiro atoms. The SMILES string of the molecule is CCCCCl.CCO[P+](=O)OCC. The van der Waals surface area contributed by atoms with Crippen molar-refractivity contribution in [1.82, 2.24) is 0 Å². The van der Waals surface area contributed by atoms with Gasteiger partial charge in [0.15, 0.2) is 0 Å². The molecule has 5 heteroatoms. The van der Waals surface area contributed by atoms with Crippen molar-refractivity contribution < 1.29 is 13.6 Å². The van der Waals surface area contributed by atoms with Crippen molar-refractivity contribution in [3.8, 4) is 0 Å². The summed E-state index contributed by atoms with van der Waals surface area (Å²) in [6.45, 7) is 6.55. The number of rotatable bonds is 6. The summed E-state index contributed by atoms with van der Waals surface area (Å²) < 4.78 is 19.5. The third-order valence-electron chi connectivity index (χ3n) is 0.956. The van der Waals surface area contributed by atoms with Gasteiger partial charge in [-0.05, 0) is 20.3 Å². The van der Waals surface area contributed by atoms with Crippen molar-refractivity contribution in [2.45, 2.75) is 33.6 Å². The summed E-state index contributed by atoms with van der Waals surface area (Å²) in [5.41, 5.74) is 0. The fourth-order valence-corrected chi connectivity index (χ4v) is 1.15. The van der Waals surface area contributed by atoms with Crippen molar-refractivity contribution in [1.29, 1.82) is 0 Å². The molecule has 0 rings (SSSR count). The zero-order chi connectivity index (χ0) is 10.5. The molecular weight excluding hydrogens is 211 g/mol. The molecule has 0 aliphatic carbocycles. The van der Waals surface area contributed by atoms with Gasteiger partial charge in [-0.15, -0.1) is 20.6 Å². The van der Waals surface area contributed by atoms with Gasteiger partial charge in [0, 0.05) is 10.4 Å². The van der Waals surface area contributed by atoms with Crippen LogP contribution < -0.4 is 0 Å². The number of hydrogen-bond donors (Lipinski definition) is 0. The Morgan fingerprint density at radius 1 is 1.15 bits per heavy atom. The molecule has 0 aromatic carbocycles. The van der Waals surface area contributed by atoms with E-state index in [1.165, 1.54) is 6.42 Å². The van der Waals surface area contributed by atoms with Gasteiger partial charge >= 0.3 is 8.25 Å². The number of hydrogen-bond acceptors (Lipinski definition) is 3. The van der Waals surface area contributed by atoms with Crippen molar-refractivity contribution >= 4 is 19.9 Å². The summed E-state index contributed by atoms with van der Waals surface area (Å²) in [4.78, 5) is 0. The maximum Gasteiger partial charge on any atom is 0.697 e. The van der Waals surface area contributed by atoms with Gasteiger partial charge in [-0.2, -0.15) is 0 Å². The first-order valence-electron chi connectivity index (χ1n) is 4.51. The monoisotopic (exact) mass is 229 g/mol. The first kappa shape index (κ1) is 15.8. The van der Waals surface area contributed by atoms with Crippen LogP contribution in [0, 0.1) is 0 Å². The van der Waals surface area contributed by atoms with Crippen LogP contribution in [0.1, 0.15) is 33.6 Å². The third kappa shape index (κ3) is 18.9. The smallest absolute Gasteiger partial charge is 0.127 e. The minimum atomic E-state index is -1.83. The van der Waals surface area contributed by atoms with Crippen LogP contribution in [0.3, 0.4) is 0 Å². The van der Waals surface area contributed by atoms with E-state index in [0.717, 1.165) is 12.3 Å². The number of alkyl halides is 1. The molecule has 0 saturated heterocycles. The summed E-state index contributed by atoms with van der Waals surface area (Å²) in [5, 5.41) is 0. The van der Waals surface area contributed by atoms with Crippen molar-refractivity contribution in [2.24, 2.45) is 0 Å². The predicted molar refractivity (Wildman–Crippen MR) is 56.5 cm³/mol. The maximum absolute atomic E-state index is 10.3. The molecule has 0 aliphatic rings. The second kappa shape index (κ2) is 14.8. The molecule has 0 aliphatic heterocycles. The van der Waals surface area contributed by atoms with E-state index in [1.54, 1.807) is 13.8 Å². The van der Waals surface area contributed by atoms with E-state index >= 15 is 0 Å². The predicted octanol–water partition coefficient (Wildman–Crippen LogP) is 3.74. The van der Waals surface area contributed by atoms with Crippen LogP contribution in [0.5, 0.6) is 0 Å². The Morgan fingerprint density at radius 3 is 1.77 bits per heavy atom. The van der Waals surface area contributed by atoms with Gasteiger partial charge in [0.1, 0.15) is 13.2 Å². The highest BCUT2D eigenvalue weighted by Gasteiger charge is 2.15. The van der Waals surface area contributed by atoms with E-state index in [4.69, 9.17) is 11.6 Å². The normalized spacial score (nSPS) is 8.92. The molecule has 0 aromatic heterocycles. The van der Waals surface area contributed by atoms with Crippen molar-refractivity contribution in [3.63, 3.8) is 0 Å². The van der Waals surface area contributed by atoms with Crippen LogP contribution in [0.2, 0.25) is 0 Å². The van der Waals surface area contributed by atoms with E-state index < -0.39 is 8.25 Å². The lowest BCUT2D eigenvalue weighted by Crippen LogP contribution is -1.81. The molecule has 0 saturated carbocycles. The molecule has 0 fully saturated rings. The molecule has 3 nitrogen and oxygen atoms in total. The first-order valence-corrected chi connectivity index (χ1v) is 6.14. The molecule has 0 bridgehead atoms. The minimum Gasteiger partial charge on any atom is -0.127 e. The minimum absolute atomic E-state index is 0.440. The highest BCUT2D eigenvalue weighted by Crippen LogP contribution is 2.21. The summed E-state index contributed by atoms with van der Waals surface area (Å²) in [6, 6.07) is 0. The standard InChI is InChI=1S/C4H9Cl.C4H10O3P/c1-2-3-4-5;1-3-6-8(5)7-4-2/h2-4H2,1H3;3-4H2,1-2H3/q;+1. The van der Waals surface area contributed by atoms with E-state index in [9.17, 15) is 4.57 Å². The fourth-order valence-electron chi connectivity index (χ4n) is 0.382. The van der Waals surface area contributed by atoms with Crippen LogP contribution in [-0.2, 0) is 13.6 Å². The van der Waals surface area contributed by atoms with Gasteiger partial charge in [0.25, 0.3) is 0 Å². The second-order valence-electron chi connectivity index (χ2n) is 2.10. The largest absolute Gasteiger partial charge is 0.697 e. The molecule has 0 atom stereocenters. The summed E-state index contributed by atoms with van der Waals surface area (Å²) in [7, 11) is -1.83. The molecule has 0 unspecified atom stereocenters. The van der Waals surface area contributed by atoms with Crippen LogP contribution >= 0.6 is 19.9 Å². The maximum atomic E-state index is 10.3. The quantitative estimate of drug-likeness (QED) is 0.514. The Labute approximate surface area is 86.7 Å². The lowest BCUT2D eigenvalue weighted by atomic mass is 10.4. The van der Waals surface area contributed by atoms with E-state index in [1.807, 2.05) is 0 Å². The molecule has 0 heterocycles. The average Bonchev–Trinajstić information content (AvgIpc) is 2.08. The van der Waals surface area contributed by atoms with Crippen LogP contribution in [0.4, 0.5) is 0 Å². The van der Waals surface area contributed by atoms with Gasteiger partial charge in [-0.1, -0.05) is 13.3 Å². The lowest BCUT2D eigenvalue weighted by Gasteiger charge is -1.78. The second-order valence-corrected chi connectivity index (χ2v) is 3.44. The molecule has 0 amide bonds. The van der Waals surface area contributed by atoms with Crippen LogP contribution in [0.15, 0.2) is 0 Å². The van der Waals surface area contributed by atoms with Crippen LogP contribution in [-0.4, -0.2) is 19.1 Å². The Balaban J connectivity index is 0.